The van der Waals surface area contributed by atoms with E-state index in [1.54, 1.807) is 0 Å². The SMILES string of the molecule is CC1[C@H](C)C[C@]23C[C@H]1O[C@H]2CC(O)O3. The summed E-state index contributed by atoms with van der Waals surface area (Å²) in [6, 6.07) is 0. The van der Waals surface area contributed by atoms with Crippen molar-refractivity contribution in [2.45, 2.75) is 57.2 Å². The van der Waals surface area contributed by atoms with E-state index < -0.39 is 6.29 Å². The predicted molar refractivity (Wildman–Crippen MR) is 50.7 cm³/mol. The number of hydrogen-bond acceptors (Lipinski definition) is 3. The molecule has 3 heteroatoms. The van der Waals surface area contributed by atoms with Crippen molar-refractivity contribution in [3.05, 3.63) is 0 Å². The van der Waals surface area contributed by atoms with Crippen LogP contribution in [0.4, 0.5) is 0 Å². The van der Waals surface area contributed by atoms with E-state index in [1.165, 1.54) is 0 Å². The molecule has 0 radical (unpaired) electrons. The van der Waals surface area contributed by atoms with Gasteiger partial charge in [-0.3, -0.25) is 0 Å². The van der Waals surface area contributed by atoms with Gasteiger partial charge in [0.25, 0.3) is 0 Å². The third-order valence-electron chi connectivity index (χ3n) is 4.41. The van der Waals surface area contributed by atoms with E-state index in [0.717, 1.165) is 12.8 Å². The van der Waals surface area contributed by atoms with Gasteiger partial charge < -0.3 is 14.6 Å². The van der Waals surface area contributed by atoms with Gasteiger partial charge in [0.2, 0.25) is 0 Å². The minimum Gasteiger partial charge on any atom is -0.371 e. The molecule has 2 aliphatic heterocycles. The molecule has 1 aliphatic carbocycles. The van der Waals surface area contributed by atoms with E-state index in [0.29, 0.717) is 24.4 Å². The summed E-state index contributed by atoms with van der Waals surface area (Å²) in [6.45, 7) is 4.53. The molecule has 3 aliphatic rings. The minimum absolute atomic E-state index is 0.143. The first-order valence-electron chi connectivity index (χ1n) is 5.62. The lowest BCUT2D eigenvalue weighted by Crippen LogP contribution is -2.42. The van der Waals surface area contributed by atoms with Gasteiger partial charge in [-0.05, 0) is 18.3 Å². The topological polar surface area (TPSA) is 38.7 Å². The van der Waals surface area contributed by atoms with Crippen LogP contribution in [0, 0.1) is 11.8 Å². The average molecular weight is 198 g/mol. The summed E-state index contributed by atoms with van der Waals surface area (Å²) in [4.78, 5) is 0. The number of rotatable bonds is 0. The van der Waals surface area contributed by atoms with Crippen LogP contribution in [0.3, 0.4) is 0 Å². The van der Waals surface area contributed by atoms with Gasteiger partial charge in [0.05, 0.1) is 12.2 Å². The zero-order chi connectivity index (χ0) is 9.92. The van der Waals surface area contributed by atoms with Gasteiger partial charge in [-0.1, -0.05) is 13.8 Å². The molecule has 3 nitrogen and oxygen atoms in total. The normalized spacial score (nSPS) is 61.5. The molecular formula is C11H18O3. The molecule has 2 heterocycles. The molecule has 6 atom stereocenters. The van der Waals surface area contributed by atoms with Crippen molar-refractivity contribution < 1.29 is 14.6 Å². The lowest BCUT2D eigenvalue weighted by atomic mass is 9.72. The van der Waals surface area contributed by atoms with Gasteiger partial charge in [-0.25, -0.2) is 0 Å². The van der Waals surface area contributed by atoms with Crippen LogP contribution in [-0.2, 0) is 9.47 Å². The van der Waals surface area contributed by atoms with E-state index in [9.17, 15) is 5.11 Å². The Balaban J connectivity index is 1.90. The molecule has 3 fully saturated rings. The van der Waals surface area contributed by atoms with Crippen molar-refractivity contribution >= 4 is 0 Å². The number of hydrogen-bond donors (Lipinski definition) is 1. The fourth-order valence-electron chi connectivity index (χ4n) is 3.42. The number of ether oxygens (including phenoxy) is 2. The van der Waals surface area contributed by atoms with E-state index >= 15 is 0 Å². The van der Waals surface area contributed by atoms with Crippen molar-refractivity contribution in [2.24, 2.45) is 11.8 Å². The highest BCUT2D eigenvalue weighted by molar-refractivity contribution is 5.07. The third-order valence-corrected chi connectivity index (χ3v) is 4.41. The monoisotopic (exact) mass is 198 g/mol. The van der Waals surface area contributed by atoms with Gasteiger partial charge in [-0.15, -0.1) is 0 Å². The second-order valence-electron chi connectivity index (χ2n) is 5.28. The number of fused-ring (bicyclic) bond motifs is 1. The molecule has 1 spiro atoms. The Labute approximate surface area is 84.4 Å². The lowest BCUT2D eigenvalue weighted by Gasteiger charge is -2.37. The summed E-state index contributed by atoms with van der Waals surface area (Å²) in [7, 11) is 0. The van der Waals surface area contributed by atoms with Gasteiger partial charge in [0.1, 0.15) is 5.60 Å². The Bertz CT molecular complexity index is 255. The van der Waals surface area contributed by atoms with Crippen LogP contribution in [-0.4, -0.2) is 29.2 Å². The average Bonchev–Trinajstić information content (AvgIpc) is 2.51. The molecule has 14 heavy (non-hydrogen) atoms. The van der Waals surface area contributed by atoms with Gasteiger partial charge in [0.15, 0.2) is 6.29 Å². The highest BCUT2D eigenvalue weighted by atomic mass is 16.7. The summed E-state index contributed by atoms with van der Waals surface area (Å²) in [5, 5.41) is 9.49. The zero-order valence-corrected chi connectivity index (χ0v) is 8.77. The van der Waals surface area contributed by atoms with Crippen molar-refractivity contribution in [3.63, 3.8) is 0 Å². The minimum atomic E-state index is -0.596. The standard InChI is InChI=1S/C11H18O3/c1-6-4-11-5-8(7(6)2)13-9(11)3-10(12)14-11/h6-10,12H,3-5H2,1-2H3/t6-,7?,8-,9+,10?,11+/m1/s1. The Kier molecular flexibility index (Phi) is 1.77. The summed E-state index contributed by atoms with van der Waals surface area (Å²) >= 11 is 0. The summed E-state index contributed by atoms with van der Waals surface area (Å²) in [6.07, 6.45) is 2.61. The summed E-state index contributed by atoms with van der Waals surface area (Å²) in [5.74, 6) is 1.27. The van der Waals surface area contributed by atoms with Crippen LogP contribution in [0.2, 0.25) is 0 Å². The molecule has 0 aromatic rings. The first-order valence-corrected chi connectivity index (χ1v) is 5.62. The smallest absolute Gasteiger partial charge is 0.158 e. The van der Waals surface area contributed by atoms with Crippen molar-refractivity contribution in [1.29, 1.82) is 0 Å². The van der Waals surface area contributed by atoms with Crippen LogP contribution >= 0.6 is 0 Å². The Hall–Kier alpha value is -0.120. The Morgan fingerprint density at radius 1 is 1.29 bits per heavy atom. The second-order valence-corrected chi connectivity index (χ2v) is 5.28. The first-order chi connectivity index (χ1) is 6.61. The molecule has 1 saturated carbocycles. The number of aliphatic hydroxyl groups is 1. The molecule has 0 aromatic carbocycles. The molecule has 3 rings (SSSR count). The maximum atomic E-state index is 9.49. The van der Waals surface area contributed by atoms with Gasteiger partial charge in [-0.2, -0.15) is 0 Å². The fraction of sp³-hybridized carbons (Fsp3) is 1.00. The summed E-state index contributed by atoms with van der Waals surface area (Å²) < 4.78 is 11.7. The molecule has 2 saturated heterocycles. The van der Waals surface area contributed by atoms with Crippen LogP contribution in [0.1, 0.15) is 33.1 Å². The van der Waals surface area contributed by atoms with Crippen molar-refractivity contribution in [2.75, 3.05) is 0 Å². The maximum absolute atomic E-state index is 9.49. The molecule has 2 bridgehead atoms. The van der Waals surface area contributed by atoms with E-state index in [1.807, 2.05) is 0 Å². The highest BCUT2D eigenvalue weighted by Gasteiger charge is 2.60. The fourth-order valence-corrected chi connectivity index (χ4v) is 3.42. The van der Waals surface area contributed by atoms with Crippen LogP contribution < -0.4 is 0 Å². The highest BCUT2D eigenvalue weighted by Crippen LogP contribution is 2.53. The Morgan fingerprint density at radius 2 is 2.07 bits per heavy atom. The maximum Gasteiger partial charge on any atom is 0.158 e. The third kappa shape index (κ3) is 1.03. The van der Waals surface area contributed by atoms with Crippen molar-refractivity contribution in [3.8, 4) is 0 Å². The molecular weight excluding hydrogens is 180 g/mol. The Morgan fingerprint density at radius 3 is 2.86 bits per heavy atom. The van der Waals surface area contributed by atoms with Crippen LogP contribution in [0.5, 0.6) is 0 Å². The zero-order valence-electron chi connectivity index (χ0n) is 8.77. The van der Waals surface area contributed by atoms with Gasteiger partial charge in [0, 0.05) is 12.8 Å². The molecule has 80 valence electrons. The molecule has 2 unspecified atom stereocenters. The molecule has 1 N–H and O–H groups in total. The summed E-state index contributed by atoms with van der Waals surface area (Å²) in [5.41, 5.74) is -0.143. The van der Waals surface area contributed by atoms with E-state index in [2.05, 4.69) is 13.8 Å². The molecule has 0 amide bonds. The number of aliphatic hydroxyl groups excluding tert-OH is 1. The lowest BCUT2D eigenvalue weighted by molar-refractivity contribution is -0.153. The predicted octanol–water partition coefficient (Wildman–Crippen LogP) is 1.30. The first kappa shape index (κ1) is 9.13. The molecule has 0 aromatic heterocycles. The van der Waals surface area contributed by atoms with Crippen LogP contribution in [0.25, 0.3) is 0 Å². The second kappa shape index (κ2) is 2.71. The quantitative estimate of drug-likeness (QED) is 0.637. The largest absolute Gasteiger partial charge is 0.371 e. The van der Waals surface area contributed by atoms with E-state index in [-0.39, 0.29) is 11.7 Å². The van der Waals surface area contributed by atoms with Crippen LogP contribution in [0.15, 0.2) is 0 Å². The van der Waals surface area contributed by atoms with E-state index in [4.69, 9.17) is 9.47 Å². The van der Waals surface area contributed by atoms with Gasteiger partial charge >= 0.3 is 0 Å². The van der Waals surface area contributed by atoms with Crippen molar-refractivity contribution in [1.82, 2.24) is 0 Å².